The van der Waals surface area contributed by atoms with Crippen LogP contribution in [-0.4, -0.2) is 51.8 Å². The normalized spacial score (nSPS) is 20.7. The van der Waals surface area contributed by atoms with E-state index < -0.39 is 36.2 Å². The summed E-state index contributed by atoms with van der Waals surface area (Å²) in [5.74, 6) is -0.843. The van der Waals surface area contributed by atoms with E-state index in [0.717, 1.165) is 24.0 Å². The highest BCUT2D eigenvalue weighted by Crippen LogP contribution is 2.43. The molecular formula is C31H33F3O7. The minimum absolute atomic E-state index is 0.158. The summed E-state index contributed by atoms with van der Waals surface area (Å²) in [4.78, 5) is 13.3. The fraction of sp³-hybridized carbons (Fsp3) is 0.387. The molecule has 0 N–H and O–H groups in total. The zero-order valence-electron chi connectivity index (χ0n) is 22.8. The molecule has 220 valence electrons. The summed E-state index contributed by atoms with van der Waals surface area (Å²) < 4.78 is 76.4. The van der Waals surface area contributed by atoms with Gasteiger partial charge >= 0.3 is 12.1 Å². The summed E-state index contributed by atoms with van der Waals surface area (Å²) in [6.07, 6.45) is -6.85. The maximum Gasteiger partial charge on any atom is 0.432 e. The van der Waals surface area contributed by atoms with Gasteiger partial charge in [-0.3, -0.25) is 0 Å². The highest BCUT2D eigenvalue weighted by Gasteiger charge is 2.64. The van der Waals surface area contributed by atoms with Gasteiger partial charge in [0.25, 0.3) is 5.60 Å². The van der Waals surface area contributed by atoms with Gasteiger partial charge in [-0.25, -0.2) is 4.79 Å². The van der Waals surface area contributed by atoms with Gasteiger partial charge in [-0.1, -0.05) is 72.8 Å². The molecule has 1 aliphatic heterocycles. The van der Waals surface area contributed by atoms with Crippen LogP contribution in [0.15, 0.2) is 84.9 Å². The Morgan fingerprint density at radius 2 is 1.59 bits per heavy atom. The van der Waals surface area contributed by atoms with Crippen molar-refractivity contribution in [1.82, 2.24) is 0 Å². The van der Waals surface area contributed by atoms with Crippen LogP contribution < -0.4 is 4.74 Å². The molecule has 10 heteroatoms. The number of carbonyl (C=O) groups excluding carboxylic acids is 1. The second-order valence-electron chi connectivity index (χ2n) is 9.49. The number of halogens is 3. The summed E-state index contributed by atoms with van der Waals surface area (Å²) in [6, 6.07) is 23.3. The van der Waals surface area contributed by atoms with Crippen molar-refractivity contribution in [3.8, 4) is 5.75 Å². The van der Waals surface area contributed by atoms with Crippen LogP contribution in [0.3, 0.4) is 0 Å². The molecule has 0 amide bonds. The summed E-state index contributed by atoms with van der Waals surface area (Å²) in [5, 5.41) is 0. The number of esters is 1. The van der Waals surface area contributed by atoms with Crippen molar-refractivity contribution in [1.29, 1.82) is 0 Å². The maximum atomic E-state index is 14.4. The predicted molar refractivity (Wildman–Crippen MR) is 143 cm³/mol. The van der Waals surface area contributed by atoms with Crippen LogP contribution in [0, 0.1) is 0 Å². The van der Waals surface area contributed by atoms with Crippen molar-refractivity contribution in [3.05, 3.63) is 102 Å². The zero-order chi connectivity index (χ0) is 29.3. The van der Waals surface area contributed by atoms with Crippen LogP contribution in [0.5, 0.6) is 5.75 Å². The molecule has 0 saturated carbocycles. The van der Waals surface area contributed by atoms with Gasteiger partial charge in [-0.15, -0.1) is 0 Å². The molecule has 1 heterocycles. The Morgan fingerprint density at radius 1 is 0.927 bits per heavy atom. The Kier molecular flexibility index (Phi) is 10.4. The van der Waals surface area contributed by atoms with E-state index in [2.05, 4.69) is 0 Å². The summed E-state index contributed by atoms with van der Waals surface area (Å²) in [7, 11) is 2.43. The van der Waals surface area contributed by atoms with Crippen LogP contribution in [0.1, 0.15) is 35.8 Å². The van der Waals surface area contributed by atoms with Crippen LogP contribution in [-0.2, 0) is 40.7 Å². The molecular weight excluding hydrogens is 541 g/mol. The number of benzene rings is 3. The number of rotatable bonds is 12. The third-order valence-electron chi connectivity index (χ3n) is 6.83. The predicted octanol–water partition coefficient (Wildman–Crippen LogP) is 6.12. The fourth-order valence-electron chi connectivity index (χ4n) is 4.63. The SMILES string of the molecule is COc1ccc(COCCC[C@@H]2OC(c3ccccc3)OC[C@@H]2OC(=O)C(OC)(c2ccccc2)C(F)(F)F)cc1. The van der Waals surface area contributed by atoms with Crippen molar-refractivity contribution in [2.75, 3.05) is 27.4 Å². The molecule has 0 aromatic heterocycles. The van der Waals surface area contributed by atoms with E-state index in [9.17, 15) is 18.0 Å². The molecule has 1 saturated heterocycles. The van der Waals surface area contributed by atoms with Crippen molar-refractivity contribution >= 4 is 5.97 Å². The van der Waals surface area contributed by atoms with Gasteiger partial charge < -0.3 is 28.4 Å². The van der Waals surface area contributed by atoms with Crippen LogP contribution in [0.4, 0.5) is 13.2 Å². The van der Waals surface area contributed by atoms with Gasteiger partial charge in [0.15, 0.2) is 12.4 Å². The van der Waals surface area contributed by atoms with Gasteiger partial charge in [0.1, 0.15) is 11.9 Å². The molecule has 0 aliphatic carbocycles. The van der Waals surface area contributed by atoms with Gasteiger partial charge in [0, 0.05) is 24.8 Å². The Hall–Kier alpha value is -3.44. The van der Waals surface area contributed by atoms with Crippen LogP contribution >= 0.6 is 0 Å². The first kappa shape index (κ1) is 30.5. The van der Waals surface area contributed by atoms with Gasteiger partial charge in [-0.2, -0.15) is 13.2 Å². The van der Waals surface area contributed by atoms with E-state index in [-0.39, 0.29) is 12.2 Å². The molecule has 1 aliphatic rings. The average molecular weight is 575 g/mol. The van der Waals surface area contributed by atoms with E-state index in [1.54, 1.807) is 13.2 Å². The monoisotopic (exact) mass is 574 g/mol. The summed E-state index contributed by atoms with van der Waals surface area (Å²) >= 11 is 0. The van der Waals surface area contributed by atoms with Crippen molar-refractivity contribution in [3.63, 3.8) is 0 Å². The lowest BCUT2D eigenvalue weighted by Crippen LogP contribution is -2.54. The minimum atomic E-state index is -5.09. The number of hydrogen-bond donors (Lipinski definition) is 0. The molecule has 4 rings (SSSR count). The Bertz CT molecular complexity index is 1220. The molecule has 1 fully saturated rings. The number of carbonyl (C=O) groups is 1. The first-order chi connectivity index (χ1) is 19.8. The minimum Gasteiger partial charge on any atom is -0.497 e. The second kappa shape index (κ2) is 14.0. The van der Waals surface area contributed by atoms with E-state index in [4.69, 9.17) is 28.4 Å². The third kappa shape index (κ3) is 7.26. The van der Waals surface area contributed by atoms with Crippen molar-refractivity contribution < 1.29 is 46.4 Å². The summed E-state index contributed by atoms with van der Waals surface area (Å²) in [6.45, 7) is 0.579. The number of hydrogen-bond acceptors (Lipinski definition) is 7. The van der Waals surface area contributed by atoms with Crippen molar-refractivity contribution in [2.45, 2.75) is 49.7 Å². The first-order valence-corrected chi connectivity index (χ1v) is 13.2. The molecule has 2 unspecified atom stereocenters. The largest absolute Gasteiger partial charge is 0.497 e. The van der Waals surface area contributed by atoms with Crippen LogP contribution in [0.2, 0.25) is 0 Å². The highest BCUT2D eigenvalue weighted by atomic mass is 19.4. The summed E-state index contributed by atoms with van der Waals surface area (Å²) in [5.41, 5.74) is -1.99. The number of ether oxygens (including phenoxy) is 6. The molecule has 4 atom stereocenters. The third-order valence-corrected chi connectivity index (χ3v) is 6.83. The molecule has 0 radical (unpaired) electrons. The lowest BCUT2D eigenvalue weighted by atomic mass is 9.92. The van der Waals surface area contributed by atoms with Gasteiger partial charge in [-0.05, 0) is 30.5 Å². The Labute approximate surface area is 237 Å². The molecule has 41 heavy (non-hydrogen) atoms. The molecule has 3 aromatic rings. The van der Waals surface area contributed by atoms with Gasteiger partial charge in [0.05, 0.1) is 20.3 Å². The molecule has 0 spiro atoms. The number of alkyl halides is 3. The molecule has 7 nitrogen and oxygen atoms in total. The standard InChI is InChI=1S/C31H33F3O7/c1-36-25-17-15-22(16-18-25)20-38-19-9-14-26-27(21-39-28(40-26)23-10-5-3-6-11-23)41-29(35)30(37-2,31(32,33)34)24-12-7-4-8-13-24/h3-8,10-13,15-18,26-28H,9,14,19-21H2,1-2H3/t26-,27-,28?,30?/m0/s1. The van der Waals surface area contributed by atoms with E-state index >= 15 is 0 Å². The first-order valence-electron chi connectivity index (χ1n) is 13.2. The Morgan fingerprint density at radius 3 is 2.20 bits per heavy atom. The highest BCUT2D eigenvalue weighted by molar-refractivity contribution is 5.83. The topological polar surface area (TPSA) is 72.5 Å². The Balaban J connectivity index is 1.45. The number of methoxy groups -OCH3 is 2. The molecule has 3 aromatic carbocycles. The quantitative estimate of drug-likeness (QED) is 0.191. The lowest BCUT2D eigenvalue weighted by molar-refractivity contribution is -0.295. The second-order valence-corrected chi connectivity index (χ2v) is 9.49. The van der Waals surface area contributed by atoms with E-state index in [1.807, 2.05) is 54.6 Å². The maximum absolute atomic E-state index is 14.4. The molecule has 0 bridgehead atoms. The smallest absolute Gasteiger partial charge is 0.432 e. The van der Waals surface area contributed by atoms with E-state index in [0.29, 0.717) is 26.1 Å². The van der Waals surface area contributed by atoms with Gasteiger partial charge in [0.2, 0.25) is 0 Å². The lowest BCUT2D eigenvalue weighted by Gasteiger charge is -2.39. The fourth-order valence-corrected chi connectivity index (χ4v) is 4.63. The average Bonchev–Trinajstić information content (AvgIpc) is 2.99. The van der Waals surface area contributed by atoms with Crippen molar-refractivity contribution in [2.24, 2.45) is 0 Å². The van der Waals surface area contributed by atoms with E-state index in [1.165, 1.54) is 24.3 Å². The van der Waals surface area contributed by atoms with Crippen LogP contribution in [0.25, 0.3) is 0 Å². The zero-order valence-corrected chi connectivity index (χ0v) is 22.8.